The summed E-state index contributed by atoms with van der Waals surface area (Å²) in [6.07, 6.45) is -1.15. The molecule has 0 unspecified atom stereocenters. The van der Waals surface area contributed by atoms with Crippen molar-refractivity contribution in [1.29, 1.82) is 0 Å². The number of aliphatic hydroxyl groups is 1. The Labute approximate surface area is 150 Å². The summed E-state index contributed by atoms with van der Waals surface area (Å²) in [5.74, 6) is -0.829. The summed E-state index contributed by atoms with van der Waals surface area (Å²) in [6, 6.07) is 15.0. The SMILES string of the molecule is COc1ccc(CC2C(=O)NC(O)NC2=O)cc1OCc1ccccc1. The highest BCUT2D eigenvalue weighted by atomic mass is 16.5. The van der Waals surface area contributed by atoms with Gasteiger partial charge in [0.25, 0.3) is 0 Å². The zero-order valence-corrected chi connectivity index (χ0v) is 14.3. The molecule has 0 aromatic heterocycles. The van der Waals surface area contributed by atoms with Gasteiger partial charge < -0.3 is 25.2 Å². The number of nitrogens with one attached hydrogen (secondary N) is 2. The molecule has 136 valence electrons. The molecule has 26 heavy (non-hydrogen) atoms. The lowest BCUT2D eigenvalue weighted by molar-refractivity contribution is -0.145. The van der Waals surface area contributed by atoms with E-state index in [1.807, 2.05) is 30.3 Å². The van der Waals surface area contributed by atoms with Crippen molar-refractivity contribution < 1.29 is 24.2 Å². The fourth-order valence-electron chi connectivity index (χ4n) is 2.74. The minimum atomic E-state index is -1.34. The van der Waals surface area contributed by atoms with Crippen molar-refractivity contribution in [3.05, 3.63) is 59.7 Å². The van der Waals surface area contributed by atoms with E-state index in [4.69, 9.17) is 9.47 Å². The molecule has 1 saturated heterocycles. The number of carbonyl (C=O) groups is 2. The van der Waals surface area contributed by atoms with Crippen LogP contribution in [0.2, 0.25) is 0 Å². The molecule has 2 amide bonds. The van der Waals surface area contributed by atoms with E-state index in [1.165, 1.54) is 0 Å². The third-order valence-corrected chi connectivity index (χ3v) is 4.10. The largest absolute Gasteiger partial charge is 0.493 e. The average Bonchev–Trinajstić information content (AvgIpc) is 2.64. The lowest BCUT2D eigenvalue weighted by Gasteiger charge is -2.26. The van der Waals surface area contributed by atoms with Crippen molar-refractivity contribution in [2.75, 3.05) is 7.11 Å². The van der Waals surface area contributed by atoms with Crippen LogP contribution in [0.1, 0.15) is 11.1 Å². The first kappa shape index (κ1) is 17.8. The number of aliphatic hydroxyl groups excluding tert-OH is 1. The van der Waals surface area contributed by atoms with Crippen molar-refractivity contribution in [3.63, 3.8) is 0 Å². The van der Waals surface area contributed by atoms with Crippen LogP contribution in [-0.4, -0.2) is 30.4 Å². The van der Waals surface area contributed by atoms with Crippen LogP contribution in [0.4, 0.5) is 0 Å². The van der Waals surface area contributed by atoms with Gasteiger partial charge in [-0.25, -0.2) is 0 Å². The highest BCUT2D eigenvalue weighted by Crippen LogP contribution is 2.30. The van der Waals surface area contributed by atoms with Gasteiger partial charge in [0.15, 0.2) is 11.5 Å². The topological polar surface area (TPSA) is 96.9 Å². The molecule has 1 aliphatic heterocycles. The van der Waals surface area contributed by atoms with Gasteiger partial charge in [-0.1, -0.05) is 36.4 Å². The Morgan fingerprint density at radius 1 is 0.962 bits per heavy atom. The third-order valence-electron chi connectivity index (χ3n) is 4.10. The maximum atomic E-state index is 12.0. The van der Waals surface area contributed by atoms with Crippen molar-refractivity contribution in [3.8, 4) is 11.5 Å². The first-order chi connectivity index (χ1) is 12.6. The van der Waals surface area contributed by atoms with E-state index in [0.29, 0.717) is 18.1 Å². The van der Waals surface area contributed by atoms with Crippen molar-refractivity contribution in [2.24, 2.45) is 5.92 Å². The molecule has 0 aliphatic carbocycles. The Morgan fingerprint density at radius 3 is 2.31 bits per heavy atom. The fourth-order valence-corrected chi connectivity index (χ4v) is 2.74. The van der Waals surface area contributed by atoms with Gasteiger partial charge in [0.05, 0.1) is 7.11 Å². The molecule has 0 radical (unpaired) electrons. The number of hydrogen-bond acceptors (Lipinski definition) is 5. The predicted octanol–water partition coefficient (Wildman–Crippen LogP) is 0.955. The molecular formula is C19H20N2O5. The number of hydrogen-bond donors (Lipinski definition) is 3. The van der Waals surface area contributed by atoms with Crippen LogP contribution in [-0.2, 0) is 22.6 Å². The van der Waals surface area contributed by atoms with Gasteiger partial charge >= 0.3 is 0 Å². The van der Waals surface area contributed by atoms with E-state index >= 15 is 0 Å². The van der Waals surface area contributed by atoms with Crippen LogP contribution >= 0.6 is 0 Å². The summed E-state index contributed by atoms with van der Waals surface area (Å²) in [5.41, 5.74) is 1.76. The molecule has 0 bridgehead atoms. The maximum Gasteiger partial charge on any atom is 0.236 e. The highest BCUT2D eigenvalue weighted by molar-refractivity contribution is 6.02. The molecule has 2 aromatic rings. The summed E-state index contributed by atoms with van der Waals surface area (Å²) >= 11 is 0. The van der Waals surface area contributed by atoms with Gasteiger partial charge in [0.2, 0.25) is 18.2 Å². The Bertz CT molecular complexity index is 776. The lowest BCUT2D eigenvalue weighted by Crippen LogP contribution is -2.59. The molecule has 2 aromatic carbocycles. The van der Waals surface area contributed by atoms with Crippen LogP contribution in [0, 0.1) is 5.92 Å². The molecule has 0 saturated carbocycles. The quantitative estimate of drug-likeness (QED) is 0.670. The molecule has 1 aliphatic rings. The van der Waals surface area contributed by atoms with Crippen LogP contribution in [0.15, 0.2) is 48.5 Å². The third kappa shape index (κ3) is 4.12. The fraction of sp³-hybridized carbons (Fsp3) is 0.263. The van der Waals surface area contributed by atoms with E-state index in [2.05, 4.69) is 10.6 Å². The van der Waals surface area contributed by atoms with Crippen molar-refractivity contribution in [1.82, 2.24) is 10.6 Å². The number of rotatable bonds is 6. The summed E-state index contributed by atoms with van der Waals surface area (Å²) in [5, 5.41) is 13.9. The monoisotopic (exact) mass is 356 g/mol. The number of ether oxygens (including phenoxy) is 2. The second-order valence-electron chi connectivity index (χ2n) is 5.94. The molecule has 7 nitrogen and oxygen atoms in total. The van der Waals surface area contributed by atoms with E-state index in [9.17, 15) is 14.7 Å². The molecule has 3 rings (SSSR count). The summed E-state index contributed by atoms with van der Waals surface area (Å²) < 4.78 is 11.2. The first-order valence-corrected chi connectivity index (χ1v) is 8.19. The van der Waals surface area contributed by atoms with Crippen LogP contribution in [0.5, 0.6) is 11.5 Å². The molecular weight excluding hydrogens is 336 g/mol. The Balaban J connectivity index is 1.74. The minimum Gasteiger partial charge on any atom is -0.493 e. The van der Waals surface area contributed by atoms with Gasteiger partial charge in [-0.2, -0.15) is 0 Å². The average molecular weight is 356 g/mol. The number of amides is 2. The Morgan fingerprint density at radius 2 is 1.65 bits per heavy atom. The number of benzene rings is 2. The number of carbonyl (C=O) groups excluding carboxylic acids is 2. The number of methoxy groups -OCH3 is 1. The summed E-state index contributed by atoms with van der Waals surface area (Å²) in [4.78, 5) is 23.9. The van der Waals surface area contributed by atoms with E-state index in [-0.39, 0.29) is 6.42 Å². The van der Waals surface area contributed by atoms with E-state index < -0.39 is 24.1 Å². The van der Waals surface area contributed by atoms with Gasteiger partial charge in [0, 0.05) is 0 Å². The zero-order chi connectivity index (χ0) is 18.5. The van der Waals surface area contributed by atoms with Crippen LogP contribution < -0.4 is 20.1 Å². The molecule has 0 spiro atoms. The highest BCUT2D eigenvalue weighted by Gasteiger charge is 2.34. The Hall–Kier alpha value is -3.06. The molecule has 1 fully saturated rings. The lowest BCUT2D eigenvalue weighted by atomic mass is 9.96. The normalized spacial score (nSPS) is 19.5. The maximum absolute atomic E-state index is 12.0. The Kier molecular flexibility index (Phi) is 5.38. The van der Waals surface area contributed by atoms with Crippen LogP contribution in [0.3, 0.4) is 0 Å². The summed E-state index contributed by atoms with van der Waals surface area (Å²) in [7, 11) is 1.55. The first-order valence-electron chi connectivity index (χ1n) is 8.19. The van der Waals surface area contributed by atoms with Gasteiger partial charge in [-0.15, -0.1) is 0 Å². The predicted molar refractivity (Wildman–Crippen MR) is 93.3 cm³/mol. The van der Waals surface area contributed by atoms with E-state index in [1.54, 1.807) is 25.3 Å². The second-order valence-corrected chi connectivity index (χ2v) is 5.94. The van der Waals surface area contributed by atoms with Crippen molar-refractivity contribution >= 4 is 11.8 Å². The molecule has 1 heterocycles. The summed E-state index contributed by atoms with van der Waals surface area (Å²) in [6.45, 7) is 0.372. The standard InChI is InChI=1S/C19H20N2O5/c1-25-15-8-7-13(9-14-17(22)20-19(24)21-18(14)23)10-16(15)26-11-12-5-3-2-4-6-12/h2-8,10,14,19,24H,9,11H2,1H3,(H,20,22)(H,21,23). The van der Waals surface area contributed by atoms with Crippen LogP contribution in [0.25, 0.3) is 0 Å². The van der Waals surface area contributed by atoms with Gasteiger partial charge in [-0.3, -0.25) is 9.59 Å². The smallest absolute Gasteiger partial charge is 0.236 e. The zero-order valence-electron chi connectivity index (χ0n) is 14.3. The van der Waals surface area contributed by atoms with Crippen molar-refractivity contribution in [2.45, 2.75) is 19.4 Å². The second kappa shape index (κ2) is 7.88. The van der Waals surface area contributed by atoms with Gasteiger partial charge in [-0.05, 0) is 29.7 Å². The molecule has 7 heteroatoms. The molecule has 0 atom stereocenters. The minimum absolute atomic E-state index is 0.191. The van der Waals surface area contributed by atoms with Gasteiger partial charge in [0.1, 0.15) is 12.5 Å². The molecule has 3 N–H and O–H groups in total. The van der Waals surface area contributed by atoms with E-state index in [0.717, 1.165) is 11.1 Å².